The van der Waals surface area contributed by atoms with Crippen LogP contribution in [0.1, 0.15) is 44.2 Å². The monoisotopic (exact) mass is 427 g/mol. The van der Waals surface area contributed by atoms with Crippen LogP contribution in [0, 0.1) is 0 Å². The summed E-state index contributed by atoms with van der Waals surface area (Å²) in [4.78, 5) is 20.3. The Labute approximate surface area is 176 Å². The minimum atomic E-state index is -2.94. The summed E-state index contributed by atoms with van der Waals surface area (Å²) in [6.45, 7) is 8.46. The maximum absolute atomic E-state index is 14.8. The van der Waals surface area contributed by atoms with E-state index in [-0.39, 0.29) is 13.1 Å². The van der Waals surface area contributed by atoms with Crippen LogP contribution in [0.2, 0.25) is 0 Å². The van der Waals surface area contributed by atoms with E-state index >= 15 is 0 Å². The Morgan fingerprint density at radius 2 is 2.00 bits per heavy atom. The van der Waals surface area contributed by atoms with E-state index in [1.54, 1.807) is 26.8 Å². The van der Waals surface area contributed by atoms with Crippen molar-refractivity contribution in [2.75, 3.05) is 46.5 Å². The minimum Gasteiger partial charge on any atom is -0.481 e. The second-order valence-electron chi connectivity index (χ2n) is 8.82. The van der Waals surface area contributed by atoms with Gasteiger partial charge in [-0.3, -0.25) is 4.90 Å². The van der Waals surface area contributed by atoms with Crippen molar-refractivity contribution in [3.05, 3.63) is 23.4 Å². The average Bonchev–Trinajstić information content (AvgIpc) is 2.67. The number of methoxy groups -OCH3 is 1. The third-order valence-electron chi connectivity index (χ3n) is 5.32. The van der Waals surface area contributed by atoms with Crippen LogP contribution in [0.3, 0.4) is 0 Å². The van der Waals surface area contributed by atoms with E-state index < -0.39 is 30.0 Å². The van der Waals surface area contributed by atoms with E-state index in [4.69, 9.17) is 14.2 Å². The number of amides is 1. The summed E-state index contributed by atoms with van der Waals surface area (Å²) < 4.78 is 45.8. The number of morpholine rings is 1. The molecule has 168 valence electrons. The highest BCUT2D eigenvalue weighted by atomic mass is 19.3. The summed E-state index contributed by atoms with van der Waals surface area (Å²) in [5.41, 5.74) is 0.471. The van der Waals surface area contributed by atoms with E-state index in [1.807, 2.05) is 0 Å². The van der Waals surface area contributed by atoms with Crippen molar-refractivity contribution in [1.29, 1.82) is 0 Å². The number of hydrogen-bond acceptors (Lipinski definition) is 6. The fourth-order valence-corrected chi connectivity index (χ4v) is 3.75. The Hall–Kier alpha value is -2.00. The molecule has 0 aliphatic carbocycles. The highest BCUT2D eigenvalue weighted by Crippen LogP contribution is 2.41. The highest BCUT2D eigenvalue weighted by Gasteiger charge is 2.47. The van der Waals surface area contributed by atoms with Gasteiger partial charge in [0, 0.05) is 50.9 Å². The lowest BCUT2D eigenvalue weighted by Gasteiger charge is -2.39. The second kappa shape index (κ2) is 9.01. The SMILES string of the molecule is COc1ncc(C2CN(C(=O)OC(C)(C)C)CCC2(F)F)cc1CN1CCOCC1. The first kappa shape index (κ1) is 22.7. The molecular weight excluding hydrogens is 396 g/mol. The molecule has 0 bridgehead atoms. The number of pyridine rings is 1. The summed E-state index contributed by atoms with van der Waals surface area (Å²) in [7, 11) is 1.52. The molecule has 3 heterocycles. The predicted molar refractivity (Wildman–Crippen MR) is 107 cm³/mol. The smallest absolute Gasteiger partial charge is 0.410 e. The largest absolute Gasteiger partial charge is 0.481 e. The maximum atomic E-state index is 14.8. The van der Waals surface area contributed by atoms with Gasteiger partial charge in [-0.2, -0.15) is 0 Å². The molecule has 7 nitrogen and oxygen atoms in total. The van der Waals surface area contributed by atoms with Gasteiger partial charge in [-0.15, -0.1) is 0 Å². The van der Waals surface area contributed by atoms with Gasteiger partial charge in [0.1, 0.15) is 5.60 Å². The fourth-order valence-electron chi connectivity index (χ4n) is 3.75. The number of likely N-dealkylation sites (tertiary alicyclic amines) is 1. The Kier molecular flexibility index (Phi) is 6.81. The van der Waals surface area contributed by atoms with Crippen LogP contribution in [0.15, 0.2) is 12.3 Å². The molecule has 0 saturated carbocycles. The van der Waals surface area contributed by atoms with Gasteiger partial charge in [-0.05, 0) is 32.4 Å². The molecule has 9 heteroatoms. The van der Waals surface area contributed by atoms with Gasteiger partial charge in [0.15, 0.2) is 0 Å². The number of halogens is 2. The molecule has 0 aromatic carbocycles. The standard InChI is InChI=1S/C21H31F2N3O4/c1-20(2,3)30-19(27)26-6-5-21(22,23)17(14-26)15-11-16(18(28-4)24-12-15)13-25-7-9-29-10-8-25/h11-12,17H,5-10,13-14H2,1-4H3. The zero-order valence-electron chi connectivity index (χ0n) is 18.1. The summed E-state index contributed by atoms with van der Waals surface area (Å²) in [5.74, 6) is -3.67. The summed E-state index contributed by atoms with van der Waals surface area (Å²) in [5, 5.41) is 0. The van der Waals surface area contributed by atoms with Crippen LogP contribution in [-0.4, -0.2) is 78.9 Å². The van der Waals surface area contributed by atoms with Gasteiger partial charge in [0.2, 0.25) is 5.88 Å². The van der Waals surface area contributed by atoms with Crippen LogP contribution < -0.4 is 4.74 Å². The Morgan fingerprint density at radius 3 is 2.63 bits per heavy atom. The molecule has 0 radical (unpaired) electrons. The molecule has 2 aliphatic heterocycles. The third-order valence-corrected chi connectivity index (χ3v) is 5.32. The summed E-state index contributed by atoms with van der Waals surface area (Å²) in [6, 6.07) is 1.73. The average molecular weight is 427 g/mol. The van der Waals surface area contributed by atoms with E-state index in [2.05, 4.69) is 9.88 Å². The fraction of sp³-hybridized carbons (Fsp3) is 0.714. The Bertz CT molecular complexity index is 748. The van der Waals surface area contributed by atoms with Crippen molar-refractivity contribution in [2.24, 2.45) is 0 Å². The van der Waals surface area contributed by atoms with E-state index in [0.29, 0.717) is 31.2 Å². The molecule has 0 N–H and O–H groups in total. The number of aromatic nitrogens is 1. The maximum Gasteiger partial charge on any atom is 0.410 e. The van der Waals surface area contributed by atoms with E-state index in [9.17, 15) is 13.6 Å². The molecule has 1 aromatic rings. The Morgan fingerprint density at radius 1 is 1.30 bits per heavy atom. The van der Waals surface area contributed by atoms with Gasteiger partial charge < -0.3 is 19.1 Å². The first-order valence-corrected chi connectivity index (χ1v) is 10.3. The van der Waals surface area contributed by atoms with Gasteiger partial charge in [-0.25, -0.2) is 18.6 Å². The lowest BCUT2D eigenvalue weighted by atomic mass is 9.87. The molecule has 0 spiro atoms. The normalized spacial score (nSPS) is 22.6. The number of piperidine rings is 1. The molecule has 1 unspecified atom stereocenters. The molecule has 1 aromatic heterocycles. The first-order chi connectivity index (χ1) is 14.1. The van der Waals surface area contributed by atoms with Gasteiger partial charge in [0.05, 0.1) is 26.2 Å². The van der Waals surface area contributed by atoms with E-state index in [0.717, 1.165) is 18.7 Å². The number of hydrogen-bond donors (Lipinski definition) is 0. The van der Waals surface area contributed by atoms with Gasteiger partial charge in [0.25, 0.3) is 5.92 Å². The van der Waals surface area contributed by atoms with Crippen molar-refractivity contribution in [1.82, 2.24) is 14.8 Å². The van der Waals surface area contributed by atoms with Gasteiger partial charge in [-0.1, -0.05) is 0 Å². The molecule has 2 aliphatic rings. The van der Waals surface area contributed by atoms with Gasteiger partial charge >= 0.3 is 6.09 Å². The van der Waals surface area contributed by atoms with Crippen LogP contribution in [0.25, 0.3) is 0 Å². The summed E-state index contributed by atoms with van der Waals surface area (Å²) in [6.07, 6.45) is 0.443. The molecule has 2 saturated heterocycles. The third kappa shape index (κ3) is 5.57. The van der Waals surface area contributed by atoms with Crippen LogP contribution in [0.5, 0.6) is 5.88 Å². The lowest BCUT2D eigenvalue weighted by molar-refractivity contribution is -0.0772. The quantitative estimate of drug-likeness (QED) is 0.735. The first-order valence-electron chi connectivity index (χ1n) is 10.3. The number of carbonyl (C=O) groups excluding carboxylic acids is 1. The van der Waals surface area contributed by atoms with Crippen molar-refractivity contribution in [3.63, 3.8) is 0 Å². The van der Waals surface area contributed by atoms with Crippen molar-refractivity contribution in [2.45, 2.75) is 51.2 Å². The Balaban J connectivity index is 1.82. The number of nitrogens with zero attached hydrogens (tertiary/aromatic N) is 3. The van der Waals surface area contributed by atoms with Crippen molar-refractivity contribution < 1.29 is 27.8 Å². The van der Waals surface area contributed by atoms with Crippen molar-refractivity contribution in [3.8, 4) is 5.88 Å². The number of alkyl halides is 2. The molecule has 30 heavy (non-hydrogen) atoms. The summed E-state index contributed by atoms with van der Waals surface area (Å²) >= 11 is 0. The number of carbonyl (C=O) groups is 1. The topological polar surface area (TPSA) is 64.1 Å². The van der Waals surface area contributed by atoms with E-state index in [1.165, 1.54) is 18.2 Å². The molecule has 1 amide bonds. The lowest BCUT2D eigenvalue weighted by Crippen LogP contribution is -2.49. The molecule has 3 rings (SSSR count). The zero-order valence-corrected chi connectivity index (χ0v) is 18.1. The number of rotatable bonds is 4. The van der Waals surface area contributed by atoms with Crippen LogP contribution in [0.4, 0.5) is 13.6 Å². The predicted octanol–water partition coefficient (Wildman–Crippen LogP) is 3.28. The highest BCUT2D eigenvalue weighted by molar-refractivity contribution is 5.68. The second-order valence-corrected chi connectivity index (χ2v) is 8.82. The minimum absolute atomic E-state index is 0.0391. The molecular formula is C21H31F2N3O4. The molecule has 1 atom stereocenters. The molecule has 2 fully saturated rings. The van der Waals surface area contributed by atoms with Crippen LogP contribution >= 0.6 is 0 Å². The zero-order chi connectivity index (χ0) is 21.9. The number of ether oxygens (including phenoxy) is 3. The van der Waals surface area contributed by atoms with Crippen molar-refractivity contribution >= 4 is 6.09 Å². The van der Waals surface area contributed by atoms with Crippen LogP contribution in [-0.2, 0) is 16.0 Å².